The number of nitrogens with one attached hydrogen (secondary N) is 1. The molecule has 1 N–H and O–H groups in total. The Hall–Kier alpha value is -3.50. The number of fused-ring (bicyclic) bond motifs is 3. The molecule has 0 saturated heterocycles. The van der Waals surface area contributed by atoms with Gasteiger partial charge < -0.3 is 14.8 Å². The molecular weight excluding hydrogens is 430 g/mol. The third kappa shape index (κ3) is 4.03. The van der Waals surface area contributed by atoms with Crippen molar-refractivity contribution < 1.29 is 4.79 Å². The van der Waals surface area contributed by atoms with Crippen LogP contribution in [0.25, 0.3) is 5.69 Å². The molecule has 5 rings (SSSR count). The molecule has 5 heteroatoms. The third-order valence-electron chi connectivity index (χ3n) is 6.26. The number of hydrogen-bond acceptors (Lipinski definition) is 1. The highest BCUT2D eigenvalue weighted by molar-refractivity contribution is 6.33. The van der Waals surface area contributed by atoms with Crippen molar-refractivity contribution in [3.8, 4) is 5.69 Å². The fourth-order valence-corrected chi connectivity index (χ4v) is 4.69. The fraction of sp³-hybridized carbons (Fsp3) is 0.179. The van der Waals surface area contributed by atoms with E-state index in [2.05, 4.69) is 72.4 Å². The van der Waals surface area contributed by atoms with Crippen LogP contribution in [0.1, 0.15) is 48.2 Å². The average Bonchev–Trinajstić information content (AvgIpc) is 3.25. The molecule has 0 bridgehead atoms. The van der Waals surface area contributed by atoms with Gasteiger partial charge in [-0.25, -0.2) is 4.79 Å². The van der Waals surface area contributed by atoms with Crippen LogP contribution in [0.5, 0.6) is 0 Å². The molecule has 1 atom stereocenters. The van der Waals surface area contributed by atoms with Gasteiger partial charge >= 0.3 is 6.03 Å². The van der Waals surface area contributed by atoms with E-state index in [1.807, 2.05) is 41.3 Å². The Bertz CT molecular complexity index is 1290. The molecule has 0 unspecified atom stereocenters. The predicted octanol–water partition coefficient (Wildman–Crippen LogP) is 7.39. The van der Waals surface area contributed by atoms with Gasteiger partial charge in [-0.15, -0.1) is 0 Å². The summed E-state index contributed by atoms with van der Waals surface area (Å²) in [5.74, 6) is 0.445. The minimum absolute atomic E-state index is 0.189. The van der Waals surface area contributed by atoms with Gasteiger partial charge in [-0.3, -0.25) is 0 Å². The molecule has 33 heavy (non-hydrogen) atoms. The zero-order valence-corrected chi connectivity index (χ0v) is 19.5. The highest BCUT2D eigenvalue weighted by Gasteiger charge is 2.33. The number of amides is 2. The standard InChI is InChI=1S/C28H26ClN3O/c1-19(2)20-13-15-21(16-14-20)27-26-12-7-17-31(26)25-11-6-3-8-22(25)18-32(27)28(33)30-24-10-5-4-9-23(24)29/h3-17,19,27H,18H2,1-2H3,(H,30,33)/t27-/m0/s1. The van der Waals surface area contributed by atoms with Crippen molar-refractivity contribution in [1.29, 1.82) is 0 Å². The van der Waals surface area contributed by atoms with E-state index in [0.717, 1.165) is 22.5 Å². The van der Waals surface area contributed by atoms with E-state index in [9.17, 15) is 4.79 Å². The monoisotopic (exact) mass is 455 g/mol. The molecule has 0 saturated carbocycles. The van der Waals surface area contributed by atoms with Crippen molar-refractivity contribution >= 4 is 23.3 Å². The Morgan fingerprint density at radius 2 is 1.67 bits per heavy atom. The van der Waals surface area contributed by atoms with E-state index in [1.54, 1.807) is 6.07 Å². The van der Waals surface area contributed by atoms with Crippen molar-refractivity contribution in [2.75, 3.05) is 5.32 Å². The molecule has 1 aromatic heterocycles. The minimum Gasteiger partial charge on any atom is -0.318 e. The van der Waals surface area contributed by atoms with Gasteiger partial charge in [0.1, 0.15) is 0 Å². The van der Waals surface area contributed by atoms with Gasteiger partial charge in [0.05, 0.1) is 29.0 Å². The highest BCUT2D eigenvalue weighted by Crippen LogP contribution is 2.37. The summed E-state index contributed by atoms with van der Waals surface area (Å²) >= 11 is 6.35. The molecule has 3 aromatic carbocycles. The summed E-state index contributed by atoms with van der Waals surface area (Å²) in [6.07, 6.45) is 2.07. The van der Waals surface area contributed by atoms with Gasteiger partial charge in [-0.2, -0.15) is 0 Å². The number of carbonyl (C=O) groups excluding carboxylic acids is 1. The average molecular weight is 456 g/mol. The first kappa shape index (κ1) is 21.4. The number of hydrogen-bond donors (Lipinski definition) is 1. The number of halogens is 1. The molecule has 0 aliphatic carbocycles. The van der Waals surface area contributed by atoms with Crippen LogP contribution in [0.4, 0.5) is 10.5 Å². The zero-order chi connectivity index (χ0) is 22.9. The molecule has 2 amide bonds. The molecule has 0 radical (unpaired) electrons. The number of urea groups is 1. The molecule has 166 valence electrons. The SMILES string of the molecule is CC(C)c1ccc([C@H]2c3cccn3-c3ccccc3CN2C(=O)Nc2ccccc2Cl)cc1. The van der Waals surface area contributed by atoms with Crippen molar-refractivity contribution in [2.24, 2.45) is 0 Å². The summed E-state index contributed by atoms with van der Waals surface area (Å²) in [6.45, 7) is 4.85. The maximum atomic E-state index is 13.7. The largest absolute Gasteiger partial charge is 0.323 e. The van der Waals surface area contributed by atoms with Crippen LogP contribution < -0.4 is 5.32 Å². The van der Waals surface area contributed by atoms with E-state index in [4.69, 9.17) is 11.6 Å². The summed E-state index contributed by atoms with van der Waals surface area (Å²) in [6, 6.07) is 27.9. The van der Waals surface area contributed by atoms with Gasteiger partial charge in [0.15, 0.2) is 0 Å². The van der Waals surface area contributed by atoms with Gasteiger partial charge in [0, 0.05) is 11.9 Å². The van der Waals surface area contributed by atoms with Crippen LogP contribution in [-0.4, -0.2) is 15.5 Å². The third-order valence-corrected chi connectivity index (χ3v) is 6.59. The van der Waals surface area contributed by atoms with Crippen LogP contribution in [0.2, 0.25) is 5.02 Å². The first-order valence-corrected chi connectivity index (χ1v) is 11.6. The second kappa shape index (κ2) is 8.80. The number of carbonyl (C=O) groups is 1. The normalized spacial score (nSPS) is 15.0. The van der Waals surface area contributed by atoms with Crippen LogP contribution in [0.15, 0.2) is 91.1 Å². The van der Waals surface area contributed by atoms with Crippen LogP contribution in [0, 0.1) is 0 Å². The summed E-state index contributed by atoms with van der Waals surface area (Å²) in [4.78, 5) is 15.6. The Morgan fingerprint density at radius 3 is 2.42 bits per heavy atom. The van der Waals surface area contributed by atoms with E-state index in [1.165, 1.54) is 5.56 Å². The van der Waals surface area contributed by atoms with Crippen LogP contribution in [0.3, 0.4) is 0 Å². The van der Waals surface area contributed by atoms with Crippen molar-refractivity contribution in [2.45, 2.75) is 32.4 Å². The first-order chi connectivity index (χ1) is 16.0. The molecule has 4 aromatic rings. The molecule has 1 aliphatic rings. The Labute approximate surface area is 199 Å². The lowest BCUT2D eigenvalue weighted by Crippen LogP contribution is -2.38. The van der Waals surface area contributed by atoms with Crippen molar-refractivity contribution in [3.63, 3.8) is 0 Å². The molecule has 4 nitrogen and oxygen atoms in total. The number of benzene rings is 3. The summed E-state index contributed by atoms with van der Waals surface area (Å²) < 4.78 is 2.19. The summed E-state index contributed by atoms with van der Waals surface area (Å²) in [7, 11) is 0. The number of anilines is 1. The zero-order valence-electron chi connectivity index (χ0n) is 18.7. The molecule has 0 spiro atoms. The van der Waals surface area contributed by atoms with Crippen molar-refractivity contribution in [3.05, 3.63) is 119 Å². The number of para-hydroxylation sites is 2. The van der Waals surface area contributed by atoms with E-state index >= 15 is 0 Å². The van der Waals surface area contributed by atoms with Crippen molar-refractivity contribution in [1.82, 2.24) is 9.47 Å². The molecule has 0 fully saturated rings. The lowest BCUT2D eigenvalue weighted by atomic mass is 9.97. The van der Waals surface area contributed by atoms with Gasteiger partial charge in [-0.1, -0.05) is 80.0 Å². The summed E-state index contributed by atoms with van der Waals surface area (Å²) in [5, 5.41) is 3.55. The predicted molar refractivity (Wildman–Crippen MR) is 134 cm³/mol. The molecular formula is C28H26ClN3O. The highest BCUT2D eigenvalue weighted by atomic mass is 35.5. The van der Waals surface area contributed by atoms with Crippen LogP contribution in [-0.2, 0) is 6.54 Å². The lowest BCUT2D eigenvalue weighted by Gasteiger charge is -2.31. The Kier molecular flexibility index (Phi) is 5.69. The summed E-state index contributed by atoms with van der Waals surface area (Å²) in [5.41, 5.74) is 6.18. The van der Waals surface area contributed by atoms with E-state index in [0.29, 0.717) is 23.2 Å². The van der Waals surface area contributed by atoms with Crippen LogP contribution >= 0.6 is 11.6 Å². The fourth-order valence-electron chi connectivity index (χ4n) is 4.50. The van der Waals surface area contributed by atoms with Gasteiger partial charge in [-0.05, 0) is 52.9 Å². The minimum atomic E-state index is -0.254. The second-order valence-electron chi connectivity index (χ2n) is 8.69. The Morgan fingerprint density at radius 1 is 0.939 bits per heavy atom. The maximum absolute atomic E-state index is 13.7. The van der Waals surface area contributed by atoms with Gasteiger partial charge in [0.2, 0.25) is 0 Å². The van der Waals surface area contributed by atoms with Gasteiger partial charge in [0.25, 0.3) is 0 Å². The van der Waals surface area contributed by atoms with E-state index < -0.39 is 0 Å². The number of aromatic nitrogens is 1. The topological polar surface area (TPSA) is 37.3 Å². The number of rotatable bonds is 3. The second-order valence-corrected chi connectivity index (χ2v) is 9.10. The smallest absolute Gasteiger partial charge is 0.318 e. The number of nitrogens with zero attached hydrogens (tertiary/aromatic N) is 2. The lowest BCUT2D eigenvalue weighted by molar-refractivity contribution is 0.194. The van der Waals surface area contributed by atoms with E-state index in [-0.39, 0.29) is 12.1 Å². The molecule has 2 heterocycles. The first-order valence-electron chi connectivity index (χ1n) is 11.2. The quantitative estimate of drug-likeness (QED) is 0.343. The maximum Gasteiger partial charge on any atom is 0.323 e. The Balaban J connectivity index is 1.62. The molecule has 1 aliphatic heterocycles.